The normalized spacial score (nSPS) is 11.4. The van der Waals surface area contributed by atoms with Crippen LogP contribution in [0.15, 0.2) is 52.1 Å². The smallest absolute Gasteiger partial charge is 0.170 e. The SMILES string of the molecule is Cc1ccc(Br)c(NCc2ccc(/C(N)=N/O)cc2)c1. The van der Waals surface area contributed by atoms with Crippen LogP contribution in [0.5, 0.6) is 0 Å². The van der Waals surface area contributed by atoms with Gasteiger partial charge in [-0.3, -0.25) is 0 Å². The number of rotatable bonds is 4. The summed E-state index contributed by atoms with van der Waals surface area (Å²) in [7, 11) is 0. The first-order valence-corrected chi connectivity index (χ1v) is 6.96. The highest BCUT2D eigenvalue weighted by atomic mass is 79.9. The van der Waals surface area contributed by atoms with Crippen molar-refractivity contribution in [3.63, 3.8) is 0 Å². The molecule has 0 radical (unpaired) electrons. The average molecular weight is 334 g/mol. The predicted molar refractivity (Wildman–Crippen MR) is 85.2 cm³/mol. The van der Waals surface area contributed by atoms with Crippen LogP contribution in [0.1, 0.15) is 16.7 Å². The zero-order valence-electron chi connectivity index (χ0n) is 11.1. The van der Waals surface area contributed by atoms with Crippen molar-refractivity contribution in [3.8, 4) is 0 Å². The third-order valence-electron chi connectivity index (χ3n) is 2.96. The Kier molecular flexibility index (Phi) is 4.63. The van der Waals surface area contributed by atoms with E-state index in [2.05, 4.69) is 45.5 Å². The molecule has 0 fully saturated rings. The Hall–Kier alpha value is -2.01. The van der Waals surface area contributed by atoms with Gasteiger partial charge in [0.25, 0.3) is 0 Å². The molecule has 0 spiro atoms. The largest absolute Gasteiger partial charge is 0.409 e. The third kappa shape index (κ3) is 3.51. The van der Waals surface area contributed by atoms with Gasteiger partial charge in [-0.2, -0.15) is 0 Å². The first kappa shape index (κ1) is 14.4. The van der Waals surface area contributed by atoms with Crippen LogP contribution in [0.3, 0.4) is 0 Å². The number of aryl methyl sites for hydroxylation is 1. The first-order valence-electron chi connectivity index (χ1n) is 6.17. The second-order valence-electron chi connectivity index (χ2n) is 4.52. The Labute approximate surface area is 126 Å². The summed E-state index contributed by atoms with van der Waals surface area (Å²) >= 11 is 3.52. The van der Waals surface area contributed by atoms with E-state index in [0.717, 1.165) is 15.7 Å². The van der Waals surface area contributed by atoms with Gasteiger partial charge in [0.15, 0.2) is 5.84 Å². The molecule has 0 aliphatic heterocycles. The van der Waals surface area contributed by atoms with Gasteiger partial charge in [-0.05, 0) is 46.1 Å². The van der Waals surface area contributed by atoms with E-state index in [1.165, 1.54) is 5.56 Å². The van der Waals surface area contributed by atoms with E-state index in [-0.39, 0.29) is 5.84 Å². The molecule has 0 bridgehead atoms. The molecular weight excluding hydrogens is 318 g/mol. The molecule has 0 heterocycles. The number of amidine groups is 1. The summed E-state index contributed by atoms with van der Waals surface area (Å²) in [4.78, 5) is 0. The number of nitrogens with zero attached hydrogens (tertiary/aromatic N) is 1. The maximum absolute atomic E-state index is 8.61. The molecule has 0 saturated heterocycles. The van der Waals surface area contributed by atoms with Crippen molar-refractivity contribution in [3.05, 3.63) is 63.6 Å². The molecule has 0 unspecified atom stereocenters. The Balaban J connectivity index is 2.06. The molecule has 4 N–H and O–H groups in total. The van der Waals surface area contributed by atoms with E-state index >= 15 is 0 Å². The number of halogens is 1. The van der Waals surface area contributed by atoms with Crippen LogP contribution in [0, 0.1) is 6.92 Å². The number of nitrogens with two attached hydrogens (primary N) is 1. The Morgan fingerprint density at radius 2 is 1.95 bits per heavy atom. The van der Waals surface area contributed by atoms with Gasteiger partial charge in [-0.25, -0.2) is 0 Å². The van der Waals surface area contributed by atoms with Gasteiger partial charge >= 0.3 is 0 Å². The predicted octanol–water partition coefficient (Wildman–Crippen LogP) is 3.46. The first-order chi connectivity index (χ1) is 9.60. The summed E-state index contributed by atoms with van der Waals surface area (Å²) in [5.74, 6) is 0.117. The summed E-state index contributed by atoms with van der Waals surface area (Å²) in [5, 5.41) is 15.0. The van der Waals surface area contributed by atoms with Crippen LogP contribution < -0.4 is 11.1 Å². The summed E-state index contributed by atoms with van der Waals surface area (Å²) in [6.07, 6.45) is 0. The molecule has 104 valence electrons. The molecule has 5 heteroatoms. The van der Waals surface area contributed by atoms with E-state index in [1.807, 2.05) is 30.3 Å². The van der Waals surface area contributed by atoms with Crippen LogP contribution in [0.2, 0.25) is 0 Å². The number of oxime groups is 1. The van der Waals surface area contributed by atoms with E-state index < -0.39 is 0 Å². The highest BCUT2D eigenvalue weighted by Gasteiger charge is 2.02. The number of hydrogen-bond donors (Lipinski definition) is 3. The van der Waals surface area contributed by atoms with Gasteiger partial charge in [-0.15, -0.1) is 0 Å². The fraction of sp³-hybridized carbons (Fsp3) is 0.133. The maximum atomic E-state index is 8.61. The summed E-state index contributed by atoms with van der Waals surface area (Å²) < 4.78 is 1.04. The highest BCUT2D eigenvalue weighted by molar-refractivity contribution is 9.10. The summed E-state index contributed by atoms with van der Waals surface area (Å²) in [6.45, 7) is 2.77. The van der Waals surface area contributed by atoms with Crippen LogP contribution in [-0.4, -0.2) is 11.0 Å². The third-order valence-corrected chi connectivity index (χ3v) is 3.65. The molecule has 2 rings (SSSR count). The molecule has 2 aromatic carbocycles. The number of benzene rings is 2. The molecule has 4 nitrogen and oxygen atoms in total. The molecule has 0 amide bonds. The van der Waals surface area contributed by atoms with Crippen molar-refractivity contribution < 1.29 is 5.21 Å². The monoisotopic (exact) mass is 333 g/mol. The molecule has 0 atom stereocenters. The number of nitrogens with one attached hydrogen (secondary N) is 1. The zero-order chi connectivity index (χ0) is 14.5. The lowest BCUT2D eigenvalue weighted by Gasteiger charge is -2.10. The van der Waals surface area contributed by atoms with E-state index in [1.54, 1.807) is 0 Å². The van der Waals surface area contributed by atoms with E-state index in [4.69, 9.17) is 10.9 Å². The van der Waals surface area contributed by atoms with E-state index in [9.17, 15) is 0 Å². The number of anilines is 1. The Morgan fingerprint density at radius 1 is 1.25 bits per heavy atom. The molecule has 2 aromatic rings. The highest BCUT2D eigenvalue weighted by Crippen LogP contribution is 2.23. The van der Waals surface area contributed by atoms with Crippen molar-refractivity contribution in [1.82, 2.24) is 0 Å². The standard InChI is InChI=1S/C15H16BrN3O/c1-10-2-7-13(16)14(8-10)18-9-11-3-5-12(6-4-11)15(17)19-20/h2-8,18,20H,9H2,1H3,(H2,17,19). The van der Waals surface area contributed by atoms with Crippen molar-refractivity contribution in [1.29, 1.82) is 0 Å². The van der Waals surface area contributed by atoms with Crippen molar-refractivity contribution >= 4 is 27.5 Å². The fourth-order valence-corrected chi connectivity index (χ4v) is 2.21. The minimum Gasteiger partial charge on any atom is -0.409 e. The Bertz CT molecular complexity index is 624. The van der Waals surface area contributed by atoms with Gasteiger partial charge in [0.2, 0.25) is 0 Å². The van der Waals surface area contributed by atoms with Crippen molar-refractivity contribution in [2.75, 3.05) is 5.32 Å². The van der Waals surface area contributed by atoms with E-state index in [0.29, 0.717) is 12.1 Å². The fourth-order valence-electron chi connectivity index (χ4n) is 1.82. The van der Waals surface area contributed by atoms with Gasteiger partial charge in [-0.1, -0.05) is 35.5 Å². The maximum Gasteiger partial charge on any atom is 0.170 e. The van der Waals surface area contributed by atoms with Gasteiger partial charge < -0.3 is 16.3 Å². The van der Waals surface area contributed by atoms with Crippen LogP contribution >= 0.6 is 15.9 Å². The minimum atomic E-state index is 0.117. The summed E-state index contributed by atoms with van der Waals surface area (Å²) in [6, 6.07) is 13.7. The molecule has 0 aromatic heterocycles. The topological polar surface area (TPSA) is 70.6 Å². The van der Waals surface area contributed by atoms with Crippen LogP contribution in [-0.2, 0) is 6.54 Å². The molecule has 0 saturated carbocycles. The lowest BCUT2D eigenvalue weighted by atomic mass is 10.1. The quantitative estimate of drug-likeness (QED) is 0.347. The number of hydrogen-bond acceptors (Lipinski definition) is 3. The Morgan fingerprint density at radius 3 is 2.60 bits per heavy atom. The van der Waals surface area contributed by atoms with Crippen molar-refractivity contribution in [2.45, 2.75) is 13.5 Å². The lowest BCUT2D eigenvalue weighted by molar-refractivity contribution is 0.318. The zero-order valence-corrected chi connectivity index (χ0v) is 12.7. The van der Waals surface area contributed by atoms with Crippen molar-refractivity contribution in [2.24, 2.45) is 10.9 Å². The summed E-state index contributed by atoms with van der Waals surface area (Å²) in [5.41, 5.74) is 9.61. The molecule has 0 aliphatic rings. The molecule has 0 aliphatic carbocycles. The molecular formula is C15H16BrN3O. The lowest BCUT2D eigenvalue weighted by Crippen LogP contribution is -2.13. The minimum absolute atomic E-state index is 0.117. The van der Waals surface area contributed by atoms with Gasteiger partial charge in [0.05, 0.1) is 0 Å². The average Bonchev–Trinajstić information content (AvgIpc) is 2.48. The second kappa shape index (κ2) is 6.43. The van der Waals surface area contributed by atoms with Gasteiger partial charge in [0, 0.05) is 22.3 Å². The van der Waals surface area contributed by atoms with Crippen LogP contribution in [0.4, 0.5) is 5.69 Å². The van der Waals surface area contributed by atoms with Gasteiger partial charge in [0.1, 0.15) is 0 Å². The second-order valence-corrected chi connectivity index (χ2v) is 5.37. The molecule has 20 heavy (non-hydrogen) atoms. The van der Waals surface area contributed by atoms with Crippen LogP contribution in [0.25, 0.3) is 0 Å².